The van der Waals surface area contributed by atoms with Gasteiger partial charge in [0.2, 0.25) is 0 Å². The Morgan fingerprint density at radius 3 is 2.42 bits per heavy atom. The van der Waals surface area contributed by atoms with E-state index in [0.717, 1.165) is 30.8 Å². The van der Waals surface area contributed by atoms with Crippen LogP contribution in [0.1, 0.15) is 34.7 Å². The van der Waals surface area contributed by atoms with E-state index in [9.17, 15) is 14.7 Å². The van der Waals surface area contributed by atoms with Gasteiger partial charge in [0.05, 0.1) is 39.0 Å². The minimum atomic E-state index is -0.741. The number of morpholine rings is 1. The Labute approximate surface area is 212 Å². The van der Waals surface area contributed by atoms with E-state index in [2.05, 4.69) is 4.90 Å². The molecule has 0 radical (unpaired) electrons. The number of aliphatic hydroxyl groups excluding tert-OH is 1. The first-order chi connectivity index (χ1) is 17.3. The van der Waals surface area contributed by atoms with Crippen LogP contribution in [0.2, 0.25) is 0 Å². The summed E-state index contributed by atoms with van der Waals surface area (Å²) in [6.45, 7) is 8.07. The number of aryl methyl sites for hydroxylation is 2. The summed E-state index contributed by atoms with van der Waals surface area (Å²) in [6.07, 6.45) is 0.695. The zero-order valence-corrected chi connectivity index (χ0v) is 21.4. The maximum Gasteiger partial charge on any atom is 0.295 e. The zero-order valence-electron chi connectivity index (χ0n) is 21.4. The zero-order chi connectivity index (χ0) is 25.8. The number of likely N-dealkylation sites (tertiary alicyclic amines) is 1. The lowest BCUT2D eigenvalue weighted by molar-refractivity contribution is -0.140. The summed E-state index contributed by atoms with van der Waals surface area (Å²) < 4.78 is 16.3. The van der Waals surface area contributed by atoms with Gasteiger partial charge in [-0.1, -0.05) is 23.8 Å². The second-order valence-corrected chi connectivity index (χ2v) is 9.23. The molecule has 1 unspecified atom stereocenters. The summed E-state index contributed by atoms with van der Waals surface area (Å²) in [6, 6.07) is 10.3. The summed E-state index contributed by atoms with van der Waals surface area (Å²) in [4.78, 5) is 30.5. The molecule has 0 aliphatic carbocycles. The van der Waals surface area contributed by atoms with Crippen LogP contribution >= 0.6 is 0 Å². The van der Waals surface area contributed by atoms with Crippen LogP contribution < -0.4 is 9.47 Å². The highest BCUT2D eigenvalue weighted by Crippen LogP contribution is 2.42. The van der Waals surface area contributed by atoms with E-state index in [-0.39, 0.29) is 11.3 Å². The molecular weight excluding hydrogens is 460 g/mol. The van der Waals surface area contributed by atoms with Gasteiger partial charge in [0, 0.05) is 31.7 Å². The van der Waals surface area contributed by atoms with Crippen molar-refractivity contribution >= 4 is 17.4 Å². The number of amides is 1. The Morgan fingerprint density at radius 1 is 1.00 bits per heavy atom. The first-order valence-electron chi connectivity index (χ1n) is 12.2. The van der Waals surface area contributed by atoms with E-state index in [0.29, 0.717) is 48.8 Å². The molecule has 1 amide bonds. The standard InChI is InChI=1S/C28H34N2O6/c1-18-6-7-19(2)21(16-18)26(31)24-25(20-8-9-22(34-3)23(17-20)35-4)30(28(33)27(24)32)11-5-10-29-12-14-36-15-13-29/h6-9,16-17,25,31H,5,10-15H2,1-4H3/b26-24+. The van der Waals surface area contributed by atoms with Gasteiger partial charge in [-0.2, -0.15) is 0 Å². The highest BCUT2D eigenvalue weighted by molar-refractivity contribution is 6.46. The Kier molecular flexibility index (Phi) is 7.96. The van der Waals surface area contributed by atoms with Gasteiger partial charge >= 0.3 is 0 Å². The molecule has 0 bridgehead atoms. The smallest absolute Gasteiger partial charge is 0.295 e. The van der Waals surface area contributed by atoms with Gasteiger partial charge in [0.1, 0.15) is 5.76 Å². The predicted octanol–water partition coefficient (Wildman–Crippen LogP) is 3.46. The number of carbonyl (C=O) groups is 2. The summed E-state index contributed by atoms with van der Waals surface area (Å²) in [5.41, 5.74) is 3.08. The maximum absolute atomic E-state index is 13.4. The van der Waals surface area contributed by atoms with Crippen molar-refractivity contribution in [3.05, 3.63) is 64.2 Å². The molecule has 2 heterocycles. The number of ketones is 1. The fourth-order valence-electron chi connectivity index (χ4n) is 4.91. The molecule has 0 saturated carbocycles. The van der Waals surface area contributed by atoms with E-state index in [1.807, 2.05) is 38.1 Å². The number of hydrogen-bond acceptors (Lipinski definition) is 7. The van der Waals surface area contributed by atoms with Crippen LogP contribution in [-0.4, -0.2) is 80.2 Å². The molecule has 8 heteroatoms. The number of rotatable bonds is 8. The molecule has 1 N–H and O–H groups in total. The average Bonchev–Trinajstić information content (AvgIpc) is 3.15. The molecule has 8 nitrogen and oxygen atoms in total. The summed E-state index contributed by atoms with van der Waals surface area (Å²) in [5.74, 6) is -0.422. The molecule has 1 atom stereocenters. The Balaban J connectivity index is 1.75. The third-order valence-corrected chi connectivity index (χ3v) is 6.89. The van der Waals surface area contributed by atoms with E-state index < -0.39 is 17.7 Å². The number of carbonyl (C=O) groups excluding carboxylic acids is 2. The van der Waals surface area contributed by atoms with Gasteiger partial charge in [-0.3, -0.25) is 14.5 Å². The van der Waals surface area contributed by atoms with Gasteiger partial charge < -0.3 is 24.2 Å². The molecule has 2 aromatic carbocycles. The van der Waals surface area contributed by atoms with Crippen LogP contribution in [0.3, 0.4) is 0 Å². The van der Waals surface area contributed by atoms with Crippen molar-refractivity contribution in [1.82, 2.24) is 9.80 Å². The molecule has 0 aromatic heterocycles. The van der Waals surface area contributed by atoms with E-state index in [4.69, 9.17) is 14.2 Å². The highest BCUT2D eigenvalue weighted by Gasteiger charge is 2.46. The molecular formula is C28H34N2O6. The fourth-order valence-corrected chi connectivity index (χ4v) is 4.91. The number of Topliss-reactive ketones (excluding diaryl/α,β-unsaturated/α-hetero) is 1. The molecule has 192 valence electrons. The van der Waals surface area contributed by atoms with Crippen LogP contribution in [0.4, 0.5) is 0 Å². The number of ether oxygens (including phenoxy) is 3. The lowest BCUT2D eigenvalue weighted by Crippen LogP contribution is -2.39. The molecule has 36 heavy (non-hydrogen) atoms. The molecule has 2 fully saturated rings. The van der Waals surface area contributed by atoms with Crippen molar-refractivity contribution in [3.8, 4) is 11.5 Å². The summed E-state index contributed by atoms with van der Waals surface area (Å²) in [5, 5.41) is 11.4. The molecule has 2 aliphatic heterocycles. The lowest BCUT2D eigenvalue weighted by Gasteiger charge is -2.29. The molecule has 2 aromatic rings. The fraction of sp³-hybridized carbons (Fsp3) is 0.429. The number of methoxy groups -OCH3 is 2. The van der Waals surface area contributed by atoms with Crippen molar-refractivity contribution in [2.45, 2.75) is 26.3 Å². The summed E-state index contributed by atoms with van der Waals surface area (Å²) in [7, 11) is 3.09. The van der Waals surface area contributed by atoms with Crippen molar-refractivity contribution in [2.75, 3.05) is 53.6 Å². The normalized spacial score (nSPS) is 20.1. The van der Waals surface area contributed by atoms with Gasteiger partial charge in [0.25, 0.3) is 11.7 Å². The SMILES string of the molecule is COc1ccc(C2/C(=C(\O)c3cc(C)ccc3C)C(=O)C(=O)N2CCCN2CCOCC2)cc1OC. The maximum atomic E-state index is 13.4. The topological polar surface area (TPSA) is 88.5 Å². The van der Waals surface area contributed by atoms with E-state index in [1.165, 1.54) is 7.11 Å². The van der Waals surface area contributed by atoms with Crippen molar-refractivity contribution in [1.29, 1.82) is 0 Å². The van der Waals surface area contributed by atoms with Crippen LogP contribution in [0, 0.1) is 13.8 Å². The number of hydrogen-bond donors (Lipinski definition) is 1. The minimum absolute atomic E-state index is 0.0901. The van der Waals surface area contributed by atoms with Crippen LogP contribution in [0.15, 0.2) is 42.0 Å². The van der Waals surface area contributed by atoms with Gasteiger partial charge in [-0.05, 0) is 49.6 Å². The third kappa shape index (κ3) is 5.10. The first kappa shape index (κ1) is 25.7. The van der Waals surface area contributed by atoms with Crippen molar-refractivity contribution in [3.63, 3.8) is 0 Å². The Morgan fingerprint density at radius 2 is 1.72 bits per heavy atom. The number of benzene rings is 2. The first-order valence-corrected chi connectivity index (χ1v) is 12.2. The molecule has 4 rings (SSSR count). The van der Waals surface area contributed by atoms with Gasteiger partial charge in [0.15, 0.2) is 11.5 Å². The van der Waals surface area contributed by atoms with Crippen LogP contribution in [0.25, 0.3) is 5.76 Å². The quantitative estimate of drug-likeness (QED) is 0.342. The van der Waals surface area contributed by atoms with Crippen molar-refractivity contribution < 1.29 is 28.9 Å². The largest absolute Gasteiger partial charge is 0.507 e. The van der Waals surface area contributed by atoms with E-state index in [1.54, 1.807) is 24.1 Å². The Hall–Kier alpha value is -3.36. The Bertz CT molecular complexity index is 1170. The van der Waals surface area contributed by atoms with Crippen LogP contribution in [-0.2, 0) is 14.3 Å². The monoisotopic (exact) mass is 494 g/mol. The van der Waals surface area contributed by atoms with Crippen molar-refractivity contribution in [2.24, 2.45) is 0 Å². The second kappa shape index (κ2) is 11.1. The molecule has 2 saturated heterocycles. The van der Waals surface area contributed by atoms with E-state index >= 15 is 0 Å². The summed E-state index contributed by atoms with van der Waals surface area (Å²) >= 11 is 0. The van der Waals surface area contributed by atoms with Gasteiger partial charge in [-0.15, -0.1) is 0 Å². The molecule has 2 aliphatic rings. The predicted molar refractivity (Wildman–Crippen MR) is 136 cm³/mol. The van der Waals surface area contributed by atoms with Crippen LogP contribution in [0.5, 0.6) is 11.5 Å². The highest BCUT2D eigenvalue weighted by atomic mass is 16.5. The lowest BCUT2D eigenvalue weighted by atomic mass is 9.93. The van der Waals surface area contributed by atoms with Gasteiger partial charge in [-0.25, -0.2) is 0 Å². The number of nitrogens with zero attached hydrogens (tertiary/aromatic N) is 2. The molecule has 0 spiro atoms. The third-order valence-electron chi connectivity index (χ3n) is 6.89. The second-order valence-electron chi connectivity index (χ2n) is 9.23. The number of aliphatic hydroxyl groups is 1. The average molecular weight is 495 g/mol. The minimum Gasteiger partial charge on any atom is -0.507 e.